The van der Waals surface area contributed by atoms with E-state index in [4.69, 9.17) is 49.6 Å². The second kappa shape index (κ2) is 14.8. The number of para-hydroxylation sites is 1. The fraction of sp³-hybridized carbons (Fsp3) is 0.333. The van der Waals surface area contributed by atoms with E-state index in [2.05, 4.69) is 37.6 Å². The number of rotatable bonds is 11. The molecule has 2 fully saturated rings. The number of piperazine rings is 1. The van der Waals surface area contributed by atoms with E-state index in [0.717, 1.165) is 50.7 Å². The summed E-state index contributed by atoms with van der Waals surface area (Å²) in [6, 6.07) is 23.5. The molecule has 4 aromatic rings. The van der Waals surface area contributed by atoms with Gasteiger partial charge in [0.1, 0.15) is 18.5 Å². The maximum Gasteiger partial charge on any atom is 0.215 e. The molecule has 0 radical (unpaired) electrons. The molecule has 0 saturated carbocycles. The Balaban J connectivity index is 0.955. The van der Waals surface area contributed by atoms with E-state index < -0.39 is 5.79 Å². The lowest BCUT2D eigenvalue weighted by Crippen LogP contribution is -2.48. The first-order valence-electron chi connectivity index (χ1n) is 15.0. The number of ether oxygens (including phenoxy) is 3. The smallest absolute Gasteiger partial charge is 0.215 e. The van der Waals surface area contributed by atoms with Gasteiger partial charge in [0.05, 0.1) is 24.5 Å². The highest BCUT2D eigenvalue weighted by molar-refractivity contribution is 7.80. The third-order valence-electron chi connectivity index (χ3n) is 7.91. The van der Waals surface area contributed by atoms with Crippen molar-refractivity contribution in [2.45, 2.75) is 18.4 Å². The number of nitrogens with one attached hydrogen (secondary N) is 2. The Kier molecular flexibility index (Phi) is 10.4. The quantitative estimate of drug-likeness (QED) is 0.198. The molecule has 0 aliphatic carbocycles. The van der Waals surface area contributed by atoms with Gasteiger partial charge in [0, 0.05) is 73.6 Å². The Bertz CT molecular complexity index is 1540. The molecule has 1 aromatic heterocycles. The molecule has 2 saturated heterocycles. The van der Waals surface area contributed by atoms with Crippen molar-refractivity contribution in [2.75, 3.05) is 62.7 Å². The van der Waals surface area contributed by atoms with Crippen molar-refractivity contribution in [3.8, 4) is 5.75 Å². The standard InChI is InChI=1S/C33H36Cl2N6O3S/c34-25-6-11-30(31(35)20-25)33(23-40-14-12-36-24-40)43-22-29(44-33)21-42-28-9-7-27(8-10-28)41-18-16-39(17-19-41)15-13-37-32(45)38-26-4-2-1-3-5-26/h1-12,14,20,24,29H,13,15-19,21-23H2,(H2,37,38,45)/t29-,33-/m1/s1. The lowest BCUT2D eigenvalue weighted by Gasteiger charge is -2.36. The summed E-state index contributed by atoms with van der Waals surface area (Å²) >= 11 is 18.2. The lowest BCUT2D eigenvalue weighted by atomic mass is 10.1. The Labute approximate surface area is 279 Å². The number of anilines is 2. The van der Waals surface area contributed by atoms with Crippen LogP contribution in [0.15, 0.2) is 91.5 Å². The highest BCUT2D eigenvalue weighted by Gasteiger charge is 2.45. The van der Waals surface area contributed by atoms with Gasteiger partial charge in [-0.2, -0.15) is 0 Å². The fourth-order valence-corrected chi connectivity index (χ4v) is 6.34. The predicted octanol–water partition coefficient (Wildman–Crippen LogP) is 5.65. The van der Waals surface area contributed by atoms with Gasteiger partial charge in [-0.1, -0.05) is 47.5 Å². The molecule has 12 heteroatoms. The molecule has 0 bridgehead atoms. The van der Waals surface area contributed by atoms with Gasteiger partial charge in [0.2, 0.25) is 5.79 Å². The van der Waals surface area contributed by atoms with Gasteiger partial charge in [-0.3, -0.25) is 4.90 Å². The number of hydrogen-bond donors (Lipinski definition) is 2. The number of benzene rings is 3. The Morgan fingerprint density at radius 1 is 1.02 bits per heavy atom. The first kappa shape index (κ1) is 31.6. The monoisotopic (exact) mass is 666 g/mol. The van der Waals surface area contributed by atoms with Gasteiger partial charge in [-0.05, 0) is 60.7 Å². The number of imidazole rings is 1. The van der Waals surface area contributed by atoms with Crippen LogP contribution >= 0.6 is 35.4 Å². The van der Waals surface area contributed by atoms with Crippen molar-refractivity contribution in [3.63, 3.8) is 0 Å². The molecule has 0 unspecified atom stereocenters. The van der Waals surface area contributed by atoms with Crippen LogP contribution in [0.3, 0.4) is 0 Å². The predicted molar refractivity (Wildman–Crippen MR) is 182 cm³/mol. The average molecular weight is 668 g/mol. The molecule has 6 rings (SSSR count). The summed E-state index contributed by atoms with van der Waals surface area (Å²) in [5, 5.41) is 8.21. The molecule has 2 N–H and O–H groups in total. The summed E-state index contributed by atoms with van der Waals surface area (Å²) < 4.78 is 20.8. The Morgan fingerprint density at radius 2 is 1.82 bits per heavy atom. The Hall–Kier alpha value is -3.38. The molecule has 0 spiro atoms. The number of thiocarbonyl (C=S) groups is 1. The maximum absolute atomic E-state index is 6.59. The minimum absolute atomic E-state index is 0.286. The molecule has 0 amide bonds. The molecule has 3 aromatic carbocycles. The largest absolute Gasteiger partial charge is 0.491 e. The van der Waals surface area contributed by atoms with Gasteiger partial charge in [0.25, 0.3) is 0 Å². The minimum atomic E-state index is -1.08. The van der Waals surface area contributed by atoms with Crippen molar-refractivity contribution in [1.82, 2.24) is 19.8 Å². The zero-order chi connectivity index (χ0) is 31.1. The van der Waals surface area contributed by atoms with Crippen LogP contribution in [-0.4, -0.2) is 78.1 Å². The normalized spacial score (nSPS) is 20.2. The minimum Gasteiger partial charge on any atom is -0.491 e. The van der Waals surface area contributed by atoms with Gasteiger partial charge in [-0.15, -0.1) is 0 Å². The van der Waals surface area contributed by atoms with E-state index in [1.807, 2.05) is 59.3 Å². The van der Waals surface area contributed by atoms with Gasteiger partial charge >= 0.3 is 0 Å². The fourth-order valence-electron chi connectivity index (χ4n) is 5.57. The highest BCUT2D eigenvalue weighted by Crippen LogP contribution is 2.40. The van der Waals surface area contributed by atoms with Crippen molar-refractivity contribution >= 4 is 51.9 Å². The molecule has 9 nitrogen and oxygen atoms in total. The van der Waals surface area contributed by atoms with E-state index in [1.165, 1.54) is 5.69 Å². The zero-order valence-electron chi connectivity index (χ0n) is 24.8. The summed E-state index contributed by atoms with van der Waals surface area (Å²) in [6.45, 7) is 6.76. The van der Waals surface area contributed by atoms with Crippen molar-refractivity contribution in [1.29, 1.82) is 0 Å². The van der Waals surface area contributed by atoms with Crippen LogP contribution in [-0.2, 0) is 21.8 Å². The second-order valence-electron chi connectivity index (χ2n) is 11.0. The molecule has 236 valence electrons. The SMILES string of the molecule is S=C(NCCN1CCN(c2ccc(OC[C@@H]3CO[C@@](Cn4ccnc4)(c4ccc(Cl)cc4Cl)O3)cc2)CC1)Nc1ccccc1. The molecule has 2 aliphatic rings. The summed E-state index contributed by atoms with van der Waals surface area (Å²) in [6.07, 6.45) is 5.02. The van der Waals surface area contributed by atoms with Crippen LogP contribution in [0.25, 0.3) is 0 Å². The summed E-state index contributed by atoms with van der Waals surface area (Å²) in [5.41, 5.74) is 2.89. The zero-order valence-corrected chi connectivity index (χ0v) is 27.1. The van der Waals surface area contributed by atoms with Crippen LogP contribution in [0.1, 0.15) is 5.56 Å². The first-order valence-corrected chi connectivity index (χ1v) is 16.2. The van der Waals surface area contributed by atoms with Crippen molar-refractivity contribution < 1.29 is 14.2 Å². The number of hydrogen-bond acceptors (Lipinski definition) is 7. The molecular weight excluding hydrogens is 631 g/mol. The van der Waals surface area contributed by atoms with Crippen LogP contribution < -0.4 is 20.3 Å². The van der Waals surface area contributed by atoms with E-state index in [-0.39, 0.29) is 6.10 Å². The number of aromatic nitrogens is 2. The number of halogens is 2. The summed E-state index contributed by atoms with van der Waals surface area (Å²) in [7, 11) is 0. The van der Waals surface area contributed by atoms with Crippen molar-refractivity contribution in [2.24, 2.45) is 0 Å². The van der Waals surface area contributed by atoms with Crippen LogP contribution in [0.4, 0.5) is 11.4 Å². The van der Waals surface area contributed by atoms with E-state index >= 15 is 0 Å². The van der Waals surface area contributed by atoms with E-state index in [1.54, 1.807) is 24.7 Å². The van der Waals surface area contributed by atoms with Crippen LogP contribution in [0.5, 0.6) is 5.75 Å². The van der Waals surface area contributed by atoms with E-state index in [9.17, 15) is 0 Å². The molecule has 45 heavy (non-hydrogen) atoms. The summed E-state index contributed by atoms with van der Waals surface area (Å²) in [4.78, 5) is 9.02. The second-order valence-corrected chi connectivity index (χ2v) is 12.3. The molecule has 2 atom stereocenters. The first-order chi connectivity index (χ1) is 22.0. The molecule has 2 aliphatic heterocycles. The topological polar surface area (TPSA) is 76.0 Å². The van der Waals surface area contributed by atoms with Gasteiger partial charge in [0.15, 0.2) is 5.11 Å². The average Bonchev–Trinajstić information content (AvgIpc) is 3.72. The van der Waals surface area contributed by atoms with Gasteiger partial charge < -0.3 is 34.3 Å². The van der Waals surface area contributed by atoms with E-state index in [0.29, 0.717) is 40.5 Å². The van der Waals surface area contributed by atoms with Crippen molar-refractivity contribution in [3.05, 3.63) is 107 Å². The van der Waals surface area contributed by atoms with Gasteiger partial charge in [-0.25, -0.2) is 4.98 Å². The summed E-state index contributed by atoms with van der Waals surface area (Å²) in [5.74, 6) is -0.299. The molecular formula is C33H36Cl2N6O3S. The van der Waals surface area contributed by atoms with Crippen LogP contribution in [0.2, 0.25) is 10.0 Å². The third kappa shape index (κ3) is 8.26. The number of nitrogens with zero attached hydrogens (tertiary/aromatic N) is 4. The lowest BCUT2D eigenvalue weighted by molar-refractivity contribution is -0.189. The maximum atomic E-state index is 6.59. The Morgan fingerprint density at radius 3 is 2.56 bits per heavy atom. The third-order valence-corrected chi connectivity index (χ3v) is 8.70. The molecule has 3 heterocycles. The van der Waals surface area contributed by atoms with Crippen LogP contribution in [0, 0.1) is 0 Å². The highest BCUT2D eigenvalue weighted by atomic mass is 35.5.